The van der Waals surface area contributed by atoms with Crippen molar-refractivity contribution in [3.05, 3.63) is 0 Å². The van der Waals surface area contributed by atoms with E-state index in [-0.39, 0.29) is 17.9 Å². The predicted molar refractivity (Wildman–Crippen MR) is 70.1 cm³/mol. The first-order chi connectivity index (χ1) is 9.03. The van der Waals surface area contributed by atoms with Gasteiger partial charge in [0, 0.05) is 0 Å². The molecule has 0 aliphatic carbocycles. The topological polar surface area (TPSA) is 78.9 Å². The minimum absolute atomic E-state index is 0.241. The van der Waals surface area contributed by atoms with E-state index in [4.69, 9.17) is 0 Å². The van der Waals surface area contributed by atoms with Crippen LogP contribution in [0.15, 0.2) is 0 Å². The number of carbonyl (C=O) groups excluding carboxylic acids is 3. The Bertz CT molecular complexity index is 257. The first-order valence-electron chi connectivity index (χ1n) is 6.07. The second-order valence-corrected chi connectivity index (χ2v) is 12.5. The molecular weight excluding hydrogens is 359 g/mol. The molecule has 0 rings (SSSR count). The van der Waals surface area contributed by atoms with Gasteiger partial charge >= 0.3 is 120 Å². The van der Waals surface area contributed by atoms with Crippen molar-refractivity contribution in [2.75, 3.05) is 21.3 Å². The maximum absolute atomic E-state index is 11.1. The van der Waals surface area contributed by atoms with Crippen molar-refractivity contribution in [3.63, 3.8) is 0 Å². The van der Waals surface area contributed by atoms with Crippen LogP contribution in [0.1, 0.15) is 19.3 Å². The van der Waals surface area contributed by atoms with Gasteiger partial charge in [0.15, 0.2) is 0 Å². The van der Waals surface area contributed by atoms with Gasteiger partial charge in [-0.05, 0) is 0 Å². The van der Waals surface area contributed by atoms with Gasteiger partial charge in [-0.15, -0.1) is 0 Å². The van der Waals surface area contributed by atoms with Gasteiger partial charge in [0.05, 0.1) is 0 Å². The van der Waals surface area contributed by atoms with Crippen LogP contribution in [-0.4, -0.2) is 59.0 Å². The molecule has 0 amide bonds. The zero-order valence-corrected chi connectivity index (χ0v) is 14.5. The molecule has 19 heavy (non-hydrogen) atoms. The van der Waals surface area contributed by atoms with E-state index in [0.29, 0.717) is 19.3 Å². The molecule has 0 aromatic carbocycles. The van der Waals surface area contributed by atoms with E-state index in [1.54, 1.807) is 0 Å². The van der Waals surface area contributed by atoms with Crippen molar-refractivity contribution in [3.8, 4) is 0 Å². The van der Waals surface area contributed by atoms with Gasteiger partial charge in [-0.3, -0.25) is 0 Å². The minimum atomic E-state index is -1.95. The number of rotatable bonds is 9. The normalized spacial score (nSPS) is 10.1. The molecule has 7 heteroatoms. The summed E-state index contributed by atoms with van der Waals surface area (Å²) in [6.07, 6.45) is 1.11. The third-order valence-electron chi connectivity index (χ3n) is 2.73. The Kier molecular flexibility index (Phi) is 10.6. The van der Waals surface area contributed by atoms with Gasteiger partial charge in [-0.2, -0.15) is 0 Å². The average molecular weight is 380 g/mol. The van der Waals surface area contributed by atoms with Crippen LogP contribution in [0.3, 0.4) is 0 Å². The van der Waals surface area contributed by atoms with E-state index in [9.17, 15) is 14.4 Å². The fourth-order valence-corrected chi connectivity index (χ4v) is 8.43. The summed E-state index contributed by atoms with van der Waals surface area (Å²) in [5, 5.41) is 0. The second-order valence-electron chi connectivity index (χ2n) is 3.98. The van der Waals surface area contributed by atoms with Crippen LogP contribution in [0.4, 0.5) is 0 Å². The quantitative estimate of drug-likeness (QED) is 0.340. The van der Waals surface area contributed by atoms with E-state index in [1.165, 1.54) is 21.3 Å². The third kappa shape index (κ3) is 9.75. The Labute approximate surface area is 120 Å². The standard InChI is InChI=1S/3C4H7O2.Sn/c3*1-3-4(5)6-2;/h3*1,3H2,2H3;. The van der Waals surface area contributed by atoms with E-state index in [2.05, 4.69) is 14.2 Å². The van der Waals surface area contributed by atoms with Gasteiger partial charge in [-0.1, -0.05) is 0 Å². The van der Waals surface area contributed by atoms with Crippen molar-refractivity contribution in [1.29, 1.82) is 0 Å². The summed E-state index contributed by atoms with van der Waals surface area (Å²) in [6.45, 7) is 0. The van der Waals surface area contributed by atoms with Crippen molar-refractivity contribution < 1.29 is 28.6 Å². The fraction of sp³-hybridized carbons (Fsp3) is 0.750. The fourth-order valence-electron chi connectivity index (χ4n) is 1.52. The first-order valence-corrected chi connectivity index (χ1v) is 12.1. The Morgan fingerprint density at radius 2 is 0.947 bits per heavy atom. The Morgan fingerprint density at radius 3 is 1.16 bits per heavy atom. The summed E-state index contributed by atoms with van der Waals surface area (Å²) in [4.78, 5) is 33.4. The number of hydrogen-bond donors (Lipinski definition) is 0. The summed E-state index contributed by atoms with van der Waals surface area (Å²) in [5.41, 5.74) is 0. The summed E-state index contributed by atoms with van der Waals surface area (Å²) < 4.78 is 16.2. The number of hydrogen-bond acceptors (Lipinski definition) is 6. The van der Waals surface area contributed by atoms with E-state index >= 15 is 0 Å². The third-order valence-corrected chi connectivity index (χ3v) is 10.9. The molecule has 0 heterocycles. The van der Waals surface area contributed by atoms with E-state index in [1.807, 2.05) is 0 Å². The number of esters is 3. The van der Waals surface area contributed by atoms with Gasteiger partial charge in [0.2, 0.25) is 0 Å². The van der Waals surface area contributed by atoms with Crippen molar-refractivity contribution in [2.24, 2.45) is 0 Å². The SMILES string of the molecule is COC(=O)C[CH2][Sn]([CH2]CC(=O)OC)[CH2]CC(=O)OC. The van der Waals surface area contributed by atoms with Crippen molar-refractivity contribution >= 4 is 37.7 Å². The molecule has 0 atom stereocenters. The molecule has 0 spiro atoms. The molecule has 0 aromatic heterocycles. The zero-order valence-electron chi connectivity index (χ0n) is 11.7. The van der Waals surface area contributed by atoms with Crippen molar-refractivity contribution in [2.45, 2.75) is 32.6 Å². The van der Waals surface area contributed by atoms with Crippen LogP contribution in [-0.2, 0) is 28.6 Å². The monoisotopic (exact) mass is 381 g/mol. The summed E-state index contributed by atoms with van der Waals surface area (Å²) in [5.74, 6) is -0.724. The predicted octanol–water partition coefficient (Wildman–Crippen LogP) is 1.17. The van der Waals surface area contributed by atoms with Crippen LogP contribution < -0.4 is 0 Å². The number of ether oxygens (including phenoxy) is 3. The Hall–Kier alpha value is -0.791. The molecule has 0 fully saturated rings. The Morgan fingerprint density at radius 1 is 0.684 bits per heavy atom. The molecule has 0 aliphatic heterocycles. The second kappa shape index (κ2) is 11.1. The number of methoxy groups -OCH3 is 3. The Balaban J connectivity index is 4.16. The van der Waals surface area contributed by atoms with E-state index in [0.717, 1.165) is 13.3 Å². The van der Waals surface area contributed by atoms with Gasteiger partial charge in [0.1, 0.15) is 0 Å². The average Bonchev–Trinajstić information content (AvgIpc) is 2.44. The zero-order chi connectivity index (χ0) is 14.7. The maximum atomic E-state index is 11.1. The molecule has 0 saturated carbocycles. The molecule has 0 unspecified atom stereocenters. The van der Waals surface area contributed by atoms with Crippen LogP contribution >= 0.6 is 0 Å². The van der Waals surface area contributed by atoms with Crippen molar-refractivity contribution in [1.82, 2.24) is 0 Å². The molecular formula is C12H21O6Sn. The van der Waals surface area contributed by atoms with Crippen LogP contribution in [0.25, 0.3) is 0 Å². The van der Waals surface area contributed by atoms with Crippen LogP contribution in [0, 0.1) is 0 Å². The molecule has 0 saturated heterocycles. The van der Waals surface area contributed by atoms with Crippen LogP contribution in [0.5, 0.6) is 0 Å². The van der Waals surface area contributed by atoms with Crippen LogP contribution in [0.2, 0.25) is 13.3 Å². The molecule has 6 nitrogen and oxygen atoms in total. The molecule has 109 valence electrons. The first kappa shape index (κ1) is 18.2. The number of carbonyl (C=O) groups is 3. The van der Waals surface area contributed by atoms with E-state index < -0.39 is 19.8 Å². The summed E-state index contributed by atoms with van der Waals surface area (Å²) >= 11 is -1.95. The van der Waals surface area contributed by atoms with Gasteiger partial charge in [0.25, 0.3) is 0 Å². The molecule has 0 bridgehead atoms. The van der Waals surface area contributed by atoms with Gasteiger partial charge < -0.3 is 0 Å². The molecule has 0 aromatic rings. The molecule has 0 aliphatic rings. The summed E-state index contributed by atoms with van der Waals surface area (Å²) in [7, 11) is 4.07. The summed E-state index contributed by atoms with van der Waals surface area (Å²) in [6, 6.07) is 0. The molecule has 1 radical (unpaired) electrons. The van der Waals surface area contributed by atoms with Gasteiger partial charge in [-0.25, -0.2) is 0 Å². The molecule has 0 N–H and O–H groups in total.